The number of nitro groups is 2. The molecule has 1 radical (unpaired) electrons. The van der Waals surface area contributed by atoms with Crippen molar-refractivity contribution in [2.24, 2.45) is 26.4 Å². The number of methoxy groups -OCH3 is 1. The minimum absolute atomic E-state index is 0. The predicted octanol–water partition coefficient (Wildman–Crippen LogP) is 8.02. The van der Waals surface area contributed by atoms with Crippen LogP contribution < -0.4 is 10.3 Å². The van der Waals surface area contributed by atoms with Crippen molar-refractivity contribution in [2.75, 3.05) is 7.11 Å². The number of allylic oxidation sites excluding steroid dienone is 4. The number of Topliss-reactive ketones (excluding diaryl/α,β-unsaturated/α-hetero) is 1. The molecule has 2 aromatic carbocycles. The van der Waals surface area contributed by atoms with Crippen LogP contribution in [0.25, 0.3) is 0 Å². The van der Waals surface area contributed by atoms with Crippen molar-refractivity contribution in [1.29, 1.82) is 10.5 Å². The van der Waals surface area contributed by atoms with E-state index in [4.69, 9.17) is 4.74 Å². The van der Waals surface area contributed by atoms with Crippen molar-refractivity contribution in [1.82, 2.24) is 4.57 Å². The van der Waals surface area contributed by atoms with Crippen molar-refractivity contribution < 1.29 is 51.5 Å². The number of non-ortho nitro benzene ring substituents is 2. The molecule has 0 spiro atoms. The Bertz CT molecular complexity index is 2320. The van der Waals surface area contributed by atoms with Gasteiger partial charge in [0, 0.05) is 71.6 Å². The standard InChI is InChI=1S/C19H20N4O5.C17H15N5O5.Co/c1-3-12-4-6-17(25)19(11(2)14(10-20)18(26)8-12)22-21-15-9-13(23(27)28)5-7-16(15)24;1-4-7-21-16(24)12(9-18)10(2)15(17(21)27-3)20-19-13-8-11(22(25)26)5-6-14(13)23;/h5,7,9,12,24-25H,3-4,6,8H2,1-2H3;4-6,8,23H,1,7H2,2-3H3;/b14-11-,19-17-,22-21?;;. The summed E-state index contributed by atoms with van der Waals surface area (Å²) >= 11 is 0. The molecule has 1 heterocycles. The van der Waals surface area contributed by atoms with Crippen LogP contribution in [0.1, 0.15) is 50.7 Å². The van der Waals surface area contributed by atoms with Gasteiger partial charge in [0.25, 0.3) is 16.9 Å². The summed E-state index contributed by atoms with van der Waals surface area (Å²) < 4.78 is 6.42. The number of aliphatic hydroxyl groups excluding tert-OH is 1. The SMILES string of the molecule is C=CCn1c(OC)c(N=Nc2cc([N+](=O)[O-])ccc2O)c(C)c(C#N)c1=O.CCC1CC/C(O)=C(N=Nc2cc([N+](=O)[O-])ccc2O)\C(C)=C(\C#N)C(=O)C1.[Co]. The molecule has 1 aliphatic carbocycles. The molecule has 56 heavy (non-hydrogen) atoms. The number of carbonyl (C=O) groups is 1. The van der Waals surface area contributed by atoms with Crippen LogP contribution in [0.15, 0.2) is 96.9 Å². The number of phenols is 2. The van der Waals surface area contributed by atoms with Crippen LogP contribution in [0.3, 0.4) is 0 Å². The number of pyridine rings is 1. The van der Waals surface area contributed by atoms with E-state index in [-0.39, 0.29) is 127 Å². The number of ketones is 1. The van der Waals surface area contributed by atoms with Crippen molar-refractivity contribution >= 4 is 34.2 Å². The molecule has 0 saturated heterocycles. The van der Waals surface area contributed by atoms with Gasteiger partial charge in [0.05, 0.1) is 17.0 Å². The number of phenolic OH excluding ortho intramolecular Hbond substituents is 2. The molecular formula is C36H35CoN9O10. The second-order valence-corrected chi connectivity index (χ2v) is 11.8. The van der Waals surface area contributed by atoms with E-state index in [1.54, 1.807) is 0 Å². The molecular weight excluding hydrogens is 777 g/mol. The number of aromatic hydroxyl groups is 2. The number of aromatic nitrogens is 1. The first-order valence-corrected chi connectivity index (χ1v) is 16.3. The fraction of sp³-hybridized carbons (Fsp3) is 0.278. The summed E-state index contributed by atoms with van der Waals surface area (Å²) in [6.45, 7) is 8.56. The van der Waals surface area contributed by atoms with Gasteiger partial charge in [-0.15, -0.1) is 27.0 Å². The first-order chi connectivity index (χ1) is 26.1. The van der Waals surface area contributed by atoms with Gasteiger partial charge in [-0.05, 0) is 38.3 Å². The summed E-state index contributed by atoms with van der Waals surface area (Å²) in [6.07, 6.45) is 3.18. The average Bonchev–Trinajstić information content (AvgIpc) is 3.19. The second kappa shape index (κ2) is 20.4. The first kappa shape index (κ1) is 45.1. The minimum Gasteiger partial charge on any atom is -0.510 e. The zero-order valence-corrected chi connectivity index (χ0v) is 31.5. The van der Waals surface area contributed by atoms with Gasteiger partial charge in [-0.1, -0.05) is 19.4 Å². The summed E-state index contributed by atoms with van der Waals surface area (Å²) in [5.41, 5.74) is -1.25. The molecule has 3 N–H and O–H groups in total. The van der Waals surface area contributed by atoms with E-state index >= 15 is 0 Å². The zero-order chi connectivity index (χ0) is 41.0. The van der Waals surface area contributed by atoms with E-state index in [0.29, 0.717) is 6.42 Å². The normalized spacial score (nSPS) is 17.0. The maximum absolute atomic E-state index is 12.5. The van der Waals surface area contributed by atoms with Gasteiger partial charge in [-0.2, -0.15) is 10.5 Å². The Kier molecular flexibility index (Phi) is 16.5. The Labute approximate surface area is 329 Å². The fourth-order valence-electron chi connectivity index (χ4n) is 5.26. The minimum atomic E-state index is -0.641. The molecule has 20 heteroatoms. The Morgan fingerprint density at radius 3 is 1.98 bits per heavy atom. The smallest absolute Gasteiger partial charge is 0.271 e. The van der Waals surface area contributed by atoms with Gasteiger partial charge in [-0.3, -0.25) is 34.4 Å². The van der Waals surface area contributed by atoms with E-state index in [1.807, 2.05) is 19.1 Å². The number of aliphatic hydroxyl groups is 1. The summed E-state index contributed by atoms with van der Waals surface area (Å²) in [7, 11) is 1.32. The molecule has 0 amide bonds. The quantitative estimate of drug-likeness (QED) is 0.0759. The Morgan fingerprint density at radius 1 is 0.964 bits per heavy atom. The van der Waals surface area contributed by atoms with Crippen LogP contribution in [-0.4, -0.2) is 42.6 Å². The van der Waals surface area contributed by atoms with Crippen molar-refractivity contribution in [2.45, 2.75) is 53.0 Å². The number of nitrogens with zero attached hydrogens (tertiary/aromatic N) is 9. The van der Waals surface area contributed by atoms with Gasteiger partial charge in [-0.25, -0.2) is 0 Å². The molecule has 0 aliphatic heterocycles. The third-order valence-electron chi connectivity index (χ3n) is 8.34. The molecule has 0 bridgehead atoms. The van der Waals surface area contributed by atoms with Crippen molar-refractivity contribution in [3.8, 4) is 29.5 Å². The van der Waals surface area contributed by atoms with Crippen LogP contribution in [0, 0.1) is 55.7 Å². The molecule has 3 aromatic rings. The number of carbonyl (C=O) groups excluding carboxylic acids is 1. The number of ether oxygens (including phenoxy) is 1. The van der Waals surface area contributed by atoms with Gasteiger partial charge in [0.2, 0.25) is 5.88 Å². The van der Waals surface area contributed by atoms with E-state index < -0.39 is 15.4 Å². The zero-order valence-electron chi connectivity index (χ0n) is 30.4. The topological polar surface area (TPSA) is 292 Å². The van der Waals surface area contributed by atoms with Crippen LogP contribution in [0.5, 0.6) is 17.4 Å². The number of nitro benzene ring substituents is 2. The van der Waals surface area contributed by atoms with Gasteiger partial charge < -0.3 is 20.1 Å². The maximum Gasteiger partial charge on any atom is 0.271 e. The Morgan fingerprint density at radius 2 is 1.52 bits per heavy atom. The summed E-state index contributed by atoms with van der Waals surface area (Å²) in [5, 5.41) is 86.2. The monoisotopic (exact) mass is 812 g/mol. The molecule has 4 rings (SSSR count). The predicted molar refractivity (Wildman–Crippen MR) is 196 cm³/mol. The molecule has 19 nitrogen and oxygen atoms in total. The number of benzene rings is 2. The summed E-state index contributed by atoms with van der Waals surface area (Å²) in [6, 6.07) is 10.3. The van der Waals surface area contributed by atoms with Crippen LogP contribution in [0.2, 0.25) is 0 Å². The third-order valence-corrected chi connectivity index (χ3v) is 8.34. The molecule has 0 saturated carbocycles. The second-order valence-electron chi connectivity index (χ2n) is 11.8. The largest absolute Gasteiger partial charge is 0.510 e. The molecule has 293 valence electrons. The van der Waals surface area contributed by atoms with E-state index in [9.17, 15) is 55.7 Å². The number of nitriles is 2. The Hall–Kier alpha value is -7.03. The maximum atomic E-state index is 12.5. The number of rotatable bonds is 10. The number of azo groups is 2. The summed E-state index contributed by atoms with van der Waals surface area (Å²) in [5.74, 6) is -1.03. The van der Waals surface area contributed by atoms with Gasteiger partial charge >= 0.3 is 0 Å². The Balaban J connectivity index is 0.000000380. The van der Waals surface area contributed by atoms with Gasteiger partial charge in [0.1, 0.15) is 57.6 Å². The molecule has 0 fully saturated rings. The summed E-state index contributed by atoms with van der Waals surface area (Å²) in [4.78, 5) is 45.4. The number of hydrogen-bond acceptors (Lipinski definition) is 16. The van der Waals surface area contributed by atoms with Crippen molar-refractivity contribution in [3.05, 3.63) is 113 Å². The molecule has 1 unspecified atom stereocenters. The molecule has 1 atom stereocenters. The van der Waals surface area contributed by atoms with E-state index in [2.05, 4.69) is 27.0 Å². The van der Waals surface area contributed by atoms with E-state index in [1.165, 1.54) is 31.6 Å². The number of hydrogen-bond donors (Lipinski definition) is 3. The van der Waals surface area contributed by atoms with Gasteiger partial charge in [0.15, 0.2) is 11.5 Å². The first-order valence-electron chi connectivity index (χ1n) is 16.3. The third kappa shape index (κ3) is 10.6. The average molecular weight is 813 g/mol. The van der Waals surface area contributed by atoms with Crippen LogP contribution >= 0.6 is 0 Å². The fourth-order valence-corrected chi connectivity index (χ4v) is 5.26. The van der Waals surface area contributed by atoms with Crippen molar-refractivity contribution in [3.63, 3.8) is 0 Å². The molecule has 1 aliphatic rings. The molecule has 1 aromatic heterocycles. The van der Waals surface area contributed by atoms with Crippen LogP contribution in [0.4, 0.5) is 28.4 Å². The van der Waals surface area contributed by atoms with Crippen LogP contribution in [-0.2, 0) is 28.1 Å². The van der Waals surface area contributed by atoms with E-state index in [0.717, 1.165) is 42.8 Å².